The van der Waals surface area contributed by atoms with E-state index in [0.29, 0.717) is 0 Å². The quantitative estimate of drug-likeness (QED) is 0.833. The van der Waals surface area contributed by atoms with Crippen molar-refractivity contribution in [1.82, 2.24) is 4.90 Å². The Hall–Kier alpha value is -1.51. The number of rotatable bonds is 4. The molecule has 1 N–H and O–H groups in total. The Kier molecular flexibility index (Phi) is 5.69. The lowest BCUT2D eigenvalue weighted by Gasteiger charge is -2.19. The third-order valence-corrected chi connectivity index (χ3v) is 2.13. The lowest BCUT2D eigenvalue weighted by atomic mass is 10.2. The zero-order chi connectivity index (χ0) is 13.4. The van der Waals surface area contributed by atoms with Crippen LogP contribution in [0.3, 0.4) is 0 Å². The molecule has 0 aliphatic carbocycles. The van der Waals surface area contributed by atoms with Gasteiger partial charge in [0.2, 0.25) is 0 Å². The van der Waals surface area contributed by atoms with Crippen molar-refractivity contribution in [2.45, 2.75) is 6.18 Å². The van der Waals surface area contributed by atoms with E-state index in [1.807, 2.05) is 18.2 Å². The SMILES string of the molecule is OCCN(CC#Cc1ccccc1)CC(F)(F)F. The van der Waals surface area contributed by atoms with Crippen molar-refractivity contribution < 1.29 is 18.3 Å². The lowest BCUT2D eigenvalue weighted by molar-refractivity contribution is -0.145. The van der Waals surface area contributed by atoms with Crippen LogP contribution in [0, 0.1) is 11.8 Å². The Morgan fingerprint density at radius 3 is 2.39 bits per heavy atom. The molecule has 1 aromatic carbocycles. The monoisotopic (exact) mass is 257 g/mol. The van der Waals surface area contributed by atoms with Crippen molar-refractivity contribution in [3.63, 3.8) is 0 Å². The van der Waals surface area contributed by atoms with Gasteiger partial charge in [-0.2, -0.15) is 13.2 Å². The summed E-state index contributed by atoms with van der Waals surface area (Å²) in [5, 5.41) is 8.69. The molecule has 0 heterocycles. The number of hydrogen-bond donors (Lipinski definition) is 1. The van der Waals surface area contributed by atoms with E-state index in [1.54, 1.807) is 12.1 Å². The van der Waals surface area contributed by atoms with Crippen LogP contribution in [0.2, 0.25) is 0 Å². The lowest BCUT2D eigenvalue weighted by Crippen LogP contribution is -2.36. The Morgan fingerprint density at radius 1 is 1.17 bits per heavy atom. The minimum atomic E-state index is -4.27. The first-order valence-corrected chi connectivity index (χ1v) is 5.45. The topological polar surface area (TPSA) is 23.5 Å². The Bertz CT molecular complexity index is 406. The second-order valence-electron chi connectivity index (χ2n) is 3.72. The van der Waals surface area contributed by atoms with Crippen LogP contribution in [-0.4, -0.2) is 42.4 Å². The number of alkyl halides is 3. The molecule has 0 fully saturated rings. The van der Waals surface area contributed by atoms with Gasteiger partial charge in [0.25, 0.3) is 0 Å². The fourth-order valence-corrected chi connectivity index (χ4v) is 1.38. The summed E-state index contributed by atoms with van der Waals surface area (Å²) in [7, 11) is 0. The van der Waals surface area contributed by atoms with Gasteiger partial charge >= 0.3 is 6.18 Å². The molecule has 0 spiro atoms. The van der Waals surface area contributed by atoms with E-state index in [4.69, 9.17) is 5.11 Å². The maximum atomic E-state index is 12.2. The molecule has 0 radical (unpaired) electrons. The fourth-order valence-electron chi connectivity index (χ4n) is 1.38. The molecule has 0 saturated carbocycles. The van der Waals surface area contributed by atoms with Gasteiger partial charge in [-0.25, -0.2) is 0 Å². The molecule has 0 saturated heterocycles. The van der Waals surface area contributed by atoms with Gasteiger partial charge in [-0.05, 0) is 12.1 Å². The normalized spacial score (nSPS) is 11.2. The third-order valence-electron chi connectivity index (χ3n) is 2.13. The van der Waals surface area contributed by atoms with Crippen LogP contribution in [0.15, 0.2) is 30.3 Å². The van der Waals surface area contributed by atoms with E-state index in [1.165, 1.54) is 0 Å². The fraction of sp³-hybridized carbons (Fsp3) is 0.385. The molecular formula is C13H14F3NO. The molecule has 98 valence electrons. The molecular weight excluding hydrogens is 243 g/mol. The van der Waals surface area contributed by atoms with E-state index in [9.17, 15) is 13.2 Å². The molecule has 0 unspecified atom stereocenters. The van der Waals surface area contributed by atoms with Gasteiger partial charge in [0.15, 0.2) is 0 Å². The molecule has 0 bridgehead atoms. The summed E-state index contributed by atoms with van der Waals surface area (Å²) >= 11 is 0. The molecule has 0 aromatic heterocycles. The van der Waals surface area contributed by atoms with E-state index >= 15 is 0 Å². The number of halogens is 3. The number of aliphatic hydroxyl groups is 1. The summed E-state index contributed by atoms with van der Waals surface area (Å²) in [6.07, 6.45) is -4.27. The van der Waals surface area contributed by atoms with Crippen LogP contribution in [0.25, 0.3) is 0 Å². The average molecular weight is 257 g/mol. The standard InChI is InChI=1S/C13H14F3NO/c14-13(15,16)11-17(9-10-18)8-4-7-12-5-2-1-3-6-12/h1-3,5-6,18H,8-11H2. The summed E-state index contributed by atoms with van der Waals surface area (Å²) < 4.78 is 36.6. The van der Waals surface area contributed by atoms with Crippen molar-refractivity contribution in [3.8, 4) is 11.8 Å². The smallest absolute Gasteiger partial charge is 0.395 e. The maximum absolute atomic E-state index is 12.2. The average Bonchev–Trinajstić information content (AvgIpc) is 2.28. The predicted molar refractivity (Wildman–Crippen MR) is 62.9 cm³/mol. The Balaban J connectivity index is 2.55. The van der Waals surface area contributed by atoms with Gasteiger partial charge in [0, 0.05) is 12.1 Å². The van der Waals surface area contributed by atoms with E-state index in [0.717, 1.165) is 10.5 Å². The number of benzene rings is 1. The van der Waals surface area contributed by atoms with Crippen LogP contribution in [0.1, 0.15) is 5.56 Å². The highest BCUT2D eigenvalue weighted by Gasteiger charge is 2.29. The first kappa shape index (κ1) is 14.6. The zero-order valence-corrected chi connectivity index (χ0v) is 9.74. The van der Waals surface area contributed by atoms with Crippen LogP contribution in [0.5, 0.6) is 0 Å². The van der Waals surface area contributed by atoms with Gasteiger partial charge in [0.1, 0.15) is 0 Å². The van der Waals surface area contributed by atoms with Gasteiger partial charge in [-0.3, -0.25) is 4.90 Å². The number of nitrogens with zero attached hydrogens (tertiary/aromatic N) is 1. The summed E-state index contributed by atoms with van der Waals surface area (Å²) in [6, 6.07) is 9.03. The molecule has 0 atom stereocenters. The minimum absolute atomic E-state index is 0.0189. The maximum Gasteiger partial charge on any atom is 0.401 e. The highest BCUT2D eigenvalue weighted by atomic mass is 19.4. The minimum Gasteiger partial charge on any atom is -0.395 e. The van der Waals surface area contributed by atoms with Crippen molar-refractivity contribution in [3.05, 3.63) is 35.9 Å². The van der Waals surface area contributed by atoms with Crippen molar-refractivity contribution in [2.75, 3.05) is 26.2 Å². The van der Waals surface area contributed by atoms with Crippen LogP contribution in [-0.2, 0) is 0 Å². The second-order valence-corrected chi connectivity index (χ2v) is 3.72. The van der Waals surface area contributed by atoms with Crippen molar-refractivity contribution >= 4 is 0 Å². The first-order chi connectivity index (χ1) is 8.51. The Labute approximate surface area is 104 Å². The summed E-state index contributed by atoms with van der Waals surface area (Å²) in [4.78, 5) is 1.07. The van der Waals surface area contributed by atoms with E-state index in [-0.39, 0.29) is 19.7 Å². The molecule has 1 rings (SSSR count). The summed E-state index contributed by atoms with van der Waals surface area (Å²) in [5.41, 5.74) is 0.758. The molecule has 5 heteroatoms. The third kappa shape index (κ3) is 6.28. The van der Waals surface area contributed by atoms with E-state index < -0.39 is 12.7 Å². The zero-order valence-electron chi connectivity index (χ0n) is 9.74. The van der Waals surface area contributed by atoms with Gasteiger partial charge in [-0.15, -0.1) is 0 Å². The highest BCUT2D eigenvalue weighted by Crippen LogP contribution is 2.15. The van der Waals surface area contributed by atoms with Gasteiger partial charge in [0.05, 0.1) is 19.7 Å². The molecule has 0 aliphatic heterocycles. The van der Waals surface area contributed by atoms with Crippen molar-refractivity contribution in [1.29, 1.82) is 0 Å². The van der Waals surface area contributed by atoms with Gasteiger partial charge in [-0.1, -0.05) is 30.0 Å². The van der Waals surface area contributed by atoms with Crippen LogP contribution in [0.4, 0.5) is 13.2 Å². The highest BCUT2D eigenvalue weighted by molar-refractivity contribution is 5.33. The molecule has 2 nitrogen and oxygen atoms in total. The molecule has 1 aromatic rings. The second kappa shape index (κ2) is 7.04. The molecule has 0 amide bonds. The molecule has 0 aliphatic rings. The van der Waals surface area contributed by atoms with Crippen LogP contribution < -0.4 is 0 Å². The van der Waals surface area contributed by atoms with Crippen LogP contribution >= 0.6 is 0 Å². The predicted octanol–water partition coefficient (Wildman–Crippen LogP) is 1.89. The van der Waals surface area contributed by atoms with Crippen molar-refractivity contribution in [2.24, 2.45) is 0 Å². The number of aliphatic hydroxyl groups excluding tert-OH is 1. The summed E-state index contributed by atoms with van der Waals surface area (Å²) in [6.45, 7) is -1.43. The first-order valence-electron chi connectivity index (χ1n) is 5.45. The Morgan fingerprint density at radius 2 is 1.83 bits per heavy atom. The number of hydrogen-bond acceptors (Lipinski definition) is 2. The summed E-state index contributed by atoms with van der Waals surface area (Å²) in [5.74, 6) is 5.45. The molecule has 18 heavy (non-hydrogen) atoms. The van der Waals surface area contributed by atoms with Gasteiger partial charge < -0.3 is 5.11 Å². The van der Waals surface area contributed by atoms with E-state index in [2.05, 4.69) is 11.8 Å². The largest absolute Gasteiger partial charge is 0.401 e.